The van der Waals surface area contributed by atoms with Crippen molar-refractivity contribution in [3.05, 3.63) is 90.5 Å². The summed E-state index contributed by atoms with van der Waals surface area (Å²) in [6.45, 7) is 8.30. The second-order valence-electron chi connectivity index (χ2n) is 10.3. The van der Waals surface area contributed by atoms with Gasteiger partial charge in [-0.1, -0.05) is 105 Å². The molecule has 196 valence electrons. The van der Waals surface area contributed by atoms with Crippen LogP contribution >= 0.6 is 12.4 Å². The van der Waals surface area contributed by atoms with E-state index in [-0.39, 0.29) is 12.4 Å². The molecule has 0 bridgehead atoms. The topological polar surface area (TPSA) is 11.4 Å². The molecule has 1 aliphatic rings. The first kappa shape index (κ1) is 27.4. The minimum atomic E-state index is 0. The number of nitrogens with zero attached hydrogens (tertiary/aromatic N) is 3. The van der Waals surface area contributed by atoms with Crippen LogP contribution in [-0.2, 0) is 6.54 Å². The first-order valence-electron chi connectivity index (χ1n) is 14.0. The van der Waals surface area contributed by atoms with Crippen LogP contribution in [0.15, 0.2) is 84.9 Å². The van der Waals surface area contributed by atoms with Gasteiger partial charge < -0.3 is 9.47 Å². The van der Waals surface area contributed by atoms with Crippen molar-refractivity contribution in [2.75, 3.05) is 39.3 Å². The molecule has 3 nitrogen and oxygen atoms in total. The largest absolute Gasteiger partial charge is 0.340 e. The molecule has 4 heteroatoms. The van der Waals surface area contributed by atoms with Crippen molar-refractivity contribution in [1.82, 2.24) is 14.4 Å². The Balaban J connectivity index is 0.00000320. The van der Waals surface area contributed by atoms with Crippen molar-refractivity contribution in [2.24, 2.45) is 0 Å². The fourth-order valence-electron chi connectivity index (χ4n) is 5.65. The van der Waals surface area contributed by atoms with Gasteiger partial charge in [0.25, 0.3) is 0 Å². The Morgan fingerprint density at radius 2 is 1.05 bits per heavy atom. The summed E-state index contributed by atoms with van der Waals surface area (Å²) in [5, 5.41) is 2.77. The molecule has 0 atom stereocenters. The third-order valence-corrected chi connectivity index (χ3v) is 7.72. The van der Waals surface area contributed by atoms with Crippen molar-refractivity contribution < 1.29 is 0 Å². The highest BCUT2D eigenvalue weighted by molar-refractivity contribution is 6.07. The highest BCUT2D eigenvalue weighted by Crippen LogP contribution is 2.29. The predicted octanol–water partition coefficient (Wildman–Crippen LogP) is 7.89. The standard InChI is InChI=1S/C33H41N3.ClH/c1(2-4-13-24-36-32-20-10-8-18-30(32)31-19-9-11-21-33(31)36)3-12-22-34-25-27-35(28-26-34)23-14-17-29-15-6-5-7-16-29;/h5-11,14-21H,1-4,12-13,22-28H2;1H/b17-14+;. The molecule has 1 saturated heterocycles. The maximum absolute atomic E-state index is 2.67. The lowest BCUT2D eigenvalue weighted by atomic mass is 10.1. The molecule has 0 N–H and O–H groups in total. The molecule has 0 aliphatic carbocycles. The highest BCUT2D eigenvalue weighted by Gasteiger charge is 2.15. The van der Waals surface area contributed by atoms with Gasteiger partial charge in [0.2, 0.25) is 0 Å². The van der Waals surface area contributed by atoms with E-state index in [0.717, 1.165) is 13.1 Å². The zero-order valence-corrected chi connectivity index (χ0v) is 22.9. The molecule has 0 amide bonds. The van der Waals surface area contributed by atoms with E-state index < -0.39 is 0 Å². The summed E-state index contributed by atoms with van der Waals surface area (Å²) in [7, 11) is 0. The highest BCUT2D eigenvalue weighted by atomic mass is 35.5. The fourth-order valence-corrected chi connectivity index (χ4v) is 5.65. The molecule has 0 radical (unpaired) electrons. The van der Waals surface area contributed by atoms with Gasteiger partial charge in [-0.05, 0) is 37.1 Å². The number of hydrogen-bond donors (Lipinski definition) is 0. The number of aryl methyl sites for hydroxylation is 1. The van der Waals surface area contributed by atoms with Gasteiger partial charge in [0, 0.05) is 61.1 Å². The van der Waals surface area contributed by atoms with Crippen LogP contribution in [0.1, 0.15) is 44.1 Å². The monoisotopic (exact) mass is 515 g/mol. The number of rotatable bonds is 12. The average molecular weight is 516 g/mol. The number of piperazine rings is 1. The van der Waals surface area contributed by atoms with Crippen LogP contribution in [0, 0.1) is 0 Å². The van der Waals surface area contributed by atoms with Gasteiger partial charge in [0.05, 0.1) is 0 Å². The van der Waals surface area contributed by atoms with Crippen LogP contribution in [-0.4, -0.2) is 53.6 Å². The van der Waals surface area contributed by atoms with Crippen LogP contribution < -0.4 is 0 Å². The summed E-state index contributed by atoms with van der Waals surface area (Å²) >= 11 is 0. The van der Waals surface area contributed by atoms with Crippen molar-refractivity contribution in [3.63, 3.8) is 0 Å². The van der Waals surface area contributed by atoms with E-state index in [1.807, 2.05) is 0 Å². The Labute approximate surface area is 229 Å². The van der Waals surface area contributed by atoms with E-state index in [0.29, 0.717) is 0 Å². The molecule has 0 unspecified atom stereocenters. The molecular weight excluding hydrogens is 474 g/mol. The molecular formula is C33H42ClN3. The van der Waals surface area contributed by atoms with Crippen molar-refractivity contribution in [2.45, 2.75) is 45.1 Å². The lowest BCUT2D eigenvalue weighted by molar-refractivity contribution is 0.140. The number of hydrogen-bond acceptors (Lipinski definition) is 2. The molecule has 3 aromatic carbocycles. The Kier molecular flexibility index (Phi) is 10.7. The number of para-hydroxylation sites is 2. The van der Waals surface area contributed by atoms with Crippen LogP contribution in [0.3, 0.4) is 0 Å². The zero-order valence-electron chi connectivity index (χ0n) is 22.1. The molecule has 4 aromatic rings. The maximum Gasteiger partial charge on any atom is 0.0491 e. The molecule has 0 spiro atoms. The summed E-state index contributed by atoms with van der Waals surface area (Å²) < 4.78 is 2.53. The summed E-state index contributed by atoms with van der Waals surface area (Å²) in [5.74, 6) is 0. The Morgan fingerprint density at radius 1 is 0.541 bits per heavy atom. The Morgan fingerprint density at radius 3 is 1.70 bits per heavy atom. The van der Waals surface area contributed by atoms with Gasteiger partial charge >= 0.3 is 0 Å². The minimum Gasteiger partial charge on any atom is -0.340 e. The van der Waals surface area contributed by atoms with E-state index in [1.54, 1.807) is 0 Å². The number of fused-ring (bicyclic) bond motifs is 3. The molecule has 1 aromatic heterocycles. The van der Waals surface area contributed by atoms with Crippen LogP contribution in [0.4, 0.5) is 0 Å². The fraction of sp³-hybridized carbons (Fsp3) is 0.394. The summed E-state index contributed by atoms with van der Waals surface area (Å²) in [4.78, 5) is 5.24. The van der Waals surface area contributed by atoms with Gasteiger partial charge in [-0.25, -0.2) is 0 Å². The average Bonchev–Trinajstić information content (AvgIpc) is 3.25. The first-order chi connectivity index (χ1) is 17.9. The Bertz CT molecular complexity index is 1190. The number of aromatic nitrogens is 1. The van der Waals surface area contributed by atoms with Crippen LogP contribution in [0.2, 0.25) is 0 Å². The van der Waals surface area contributed by atoms with Crippen molar-refractivity contribution in [1.29, 1.82) is 0 Å². The summed E-state index contributed by atoms with van der Waals surface area (Å²) in [6.07, 6.45) is 12.6. The SMILES string of the molecule is C(=C\c1ccccc1)/CN1CCN(CCCCCCCCn2c3ccccc3c3ccccc32)CC1.Cl. The van der Waals surface area contributed by atoms with Crippen molar-refractivity contribution in [3.8, 4) is 0 Å². The molecule has 0 saturated carbocycles. The molecule has 37 heavy (non-hydrogen) atoms. The van der Waals surface area contributed by atoms with Gasteiger partial charge in [-0.3, -0.25) is 4.90 Å². The summed E-state index contributed by atoms with van der Waals surface area (Å²) in [6, 6.07) is 28.3. The molecule has 1 fully saturated rings. The van der Waals surface area contributed by atoms with E-state index in [1.165, 1.54) is 98.6 Å². The normalized spacial score (nSPS) is 15.0. The zero-order chi connectivity index (χ0) is 24.4. The second kappa shape index (κ2) is 14.4. The second-order valence-corrected chi connectivity index (χ2v) is 10.3. The smallest absolute Gasteiger partial charge is 0.0491 e. The number of halogens is 1. The maximum atomic E-state index is 2.67. The third-order valence-electron chi connectivity index (χ3n) is 7.72. The number of unbranched alkanes of at least 4 members (excludes halogenated alkanes) is 5. The molecule has 1 aliphatic heterocycles. The lowest BCUT2D eigenvalue weighted by Crippen LogP contribution is -2.46. The van der Waals surface area contributed by atoms with E-state index >= 15 is 0 Å². The molecule has 5 rings (SSSR count). The minimum absolute atomic E-state index is 0. The first-order valence-corrected chi connectivity index (χ1v) is 14.0. The third kappa shape index (κ3) is 7.47. The summed E-state index contributed by atoms with van der Waals surface area (Å²) in [5.41, 5.74) is 4.06. The van der Waals surface area contributed by atoms with Crippen LogP contribution in [0.25, 0.3) is 27.9 Å². The quantitative estimate of drug-likeness (QED) is 0.178. The van der Waals surface area contributed by atoms with E-state index in [2.05, 4.69) is 105 Å². The van der Waals surface area contributed by atoms with Crippen LogP contribution in [0.5, 0.6) is 0 Å². The van der Waals surface area contributed by atoms with Gasteiger partial charge in [0.1, 0.15) is 0 Å². The number of benzene rings is 3. The van der Waals surface area contributed by atoms with Gasteiger partial charge in [-0.15, -0.1) is 12.4 Å². The van der Waals surface area contributed by atoms with Crippen molar-refractivity contribution >= 4 is 40.3 Å². The predicted molar refractivity (Wildman–Crippen MR) is 163 cm³/mol. The van der Waals surface area contributed by atoms with Gasteiger partial charge in [-0.2, -0.15) is 0 Å². The lowest BCUT2D eigenvalue weighted by Gasteiger charge is -2.34. The van der Waals surface area contributed by atoms with E-state index in [9.17, 15) is 0 Å². The van der Waals surface area contributed by atoms with E-state index in [4.69, 9.17) is 0 Å². The molecule has 2 heterocycles. The Hall–Kier alpha value is -2.59. The van der Waals surface area contributed by atoms with Gasteiger partial charge in [0.15, 0.2) is 0 Å².